The molecule has 0 heterocycles. The highest BCUT2D eigenvalue weighted by Gasteiger charge is 2.20. The third kappa shape index (κ3) is 39.2. The van der Waals surface area contributed by atoms with Crippen molar-refractivity contribution >= 4 is 5.97 Å². The third-order valence-corrected chi connectivity index (χ3v) is 9.08. The molecule has 0 amide bonds. The number of hydrogen-bond acceptors (Lipinski definition) is 3. The Morgan fingerprint density at radius 3 is 1.28 bits per heavy atom. The molecule has 0 fully saturated rings. The maximum Gasteiger partial charge on any atom is 0.305 e. The van der Waals surface area contributed by atoms with Crippen LogP contribution >= 0.6 is 0 Å². The largest absolute Gasteiger partial charge is 0.463 e. The van der Waals surface area contributed by atoms with Gasteiger partial charge < -0.3 is 14.0 Å². The zero-order valence-electron chi connectivity index (χ0n) is 32.7. The van der Waals surface area contributed by atoms with Crippen LogP contribution in [-0.4, -0.2) is 57.5 Å². The van der Waals surface area contributed by atoms with Gasteiger partial charge in [-0.15, -0.1) is 0 Å². The van der Waals surface area contributed by atoms with E-state index >= 15 is 0 Å². The Kier molecular flexibility index (Phi) is 35.3. The van der Waals surface area contributed by atoms with E-state index in [1.165, 1.54) is 161 Å². The van der Waals surface area contributed by atoms with Crippen molar-refractivity contribution in [2.24, 2.45) is 0 Å². The van der Waals surface area contributed by atoms with Crippen molar-refractivity contribution in [1.82, 2.24) is 0 Å². The number of quaternary nitrogens is 1. The highest BCUT2D eigenvalue weighted by molar-refractivity contribution is 5.69. The van der Waals surface area contributed by atoms with Crippen molar-refractivity contribution in [2.75, 3.05) is 40.9 Å². The third-order valence-electron chi connectivity index (χ3n) is 9.08. The van der Waals surface area contributed by atoms with Gasteiger partial charge in [0.1, 0.15) is 19.3 Å². The topological polar surface area (TPSA) is 35.5 Å². The average molecular weight is 663 g/mol. The molecule has 0 bridgehead atoms. The number of hydrogen-bond donors (Lipinski definition) is 0. The second kappa shape index (κ2) is 36.2. The van der Waals surface area contributed by atoms with E-state index in [0.29, 0.717) is 13.0 Å². The molecule has 1 atom stereocenters. The molecule has 4 heteroatoms. The standard InChI is InChI=1S/C43H84NO3/c1-6-8-10-12-14-16-18-20-22-23-25-27-29-31-33-35-37-39-46-42(40-44(3,4)5)41-47-43(45)38-36-34-32-30-28-26-24-21-19-17-15-13-11-9-7-2/h20-22,24,42H,6-19,23,25-41H2,1-5H3/q+1/t42-/m0/s1. The zero-order valence-corrected chi connectivity index (χ0v) is 32.7. The Labute approximate surface area is 295 Å². The Bertz CT molecular complexity index is 696. The first kappa shape index (κ1) is 45.9. The van der Waals surface area contributed by atoms with Crippen LogP contribution < -0.4 is 0 Å². The van der Waals surface area contributed by atoms with E-state index in [4.69, 9.17) is 9.47 Å². The van der Waals surface area contributed by atoms with Gasteiger partial charge in [-0.1, -0.05) is 154 Å². The maximum absolute atomic E-state index is 12.4. The van der Waals surface area contributed by atoms with Crippen molar-refractivity contribution in [3.05, 3.63) is 24.3 Å². The minimum Gasteiger partial charge on any atom is -0.463 e. The van der Waals surface area contributed by atoms with Gasteiger partial charge in [0.2, 0.25) is 0 Å². The predicted molar refractivity (Wildman–Crippen MR) is 207 cm³/mol. The van der Waals surface area contributed by atoms with E-state index in [1.807, 2.05) is 0 Å². The van der Waals surface area contributed by atoms with Crippen LogP contribution in [0.1, 0.15) is 200 Å². The summed E-state index contributed by atoms with van der Waals surface area (Å²) < 4.78 is 12.7. The van der Waals surface area contributed by atoms with Crippen LogP contribution in [0.3, 0.4) is 0 Å². The Balaban J connectivity index is 3.74. The lowest BCUT2D eigenvalue weighted by Gasteiger charge is -2.29. The first-order valence-electron chi connectivity index (χ1n) is 20.8. The quantitative estimate of drug-likeness (QED) is 0.0287. The Morgan fingerprint density at radius 2 is 0.872 bits per heavy atom. The van der Waals surface area contributed by atoms with Crippen LogP contribution in [0, 0.1) is 0 Å². The number of rotatable bonds is 37. The van der Waals surface area contributed by atoms with Crippen LogP contribution in [0.5, 0.6) is 0 Å². The van der Waals surface area contributed by atoms with Crippen molar-refractivity contribution in [2.45, 2.75) is 206 Å². The van der Waals surface area contributed by atoms with Gasteiger partial charge in [0.05, 0.1) is 21.1 Å². The molecule has 0 unspecified atom stereocenters. The fourth-order valence-corrected chi connectivity index (χ4v) is 6.14. The van der Waals surface area contributed by atoms with Crippen molar-refractivity contribution in [3.63, 3.8) is 0 Å². The SMILES string of the molecule is CCCCCCCCC=CCCCCCCCCCO[C@H](COC(=O)CCCCCCCC=CCCCCCCCC)C[N+](C)(C)C. The number of ether oxygens (including phenoxy) is 2. The van der Waals surface area contributed by atoms with Gasteiger partial charge in [0, 0.05) is 13.0 Å². The fraction of sp³-hybridized carbons (Fsp3) is 0.884. The van der Waals surface area contributed by atoms with Gasteiger partial charge in [0.15, 0.2) is 0 Å². The Hall–Kier alpha value is -1.13. The molecule has 0 saturated heterocycles. The first-order chi connectivity index (χ1) is 22.9. The van der Waals surface area contributed by atoms with Gasteiger partial charge in [-0.25, -0.2) is 0 Å². The number of unbranched alkanes of at least 4 members (excludes halogenated alkanes) is 24. The Morgan fingerprint density at radius 1 is 0.511 bits per heavy atom. The lowest BCUT2D eigenvalue weighted by Crippen LogP contribution is -2.44. The molecule has 0 aliphatic heterocycles. The van der Waals surface area contributed by atoms with Crippen LogP contribution in [-0.2, 0) is 14.3 Å². The monoisotopic (exact) mass is 663 g/mol. The molecule has 4 nitrogen and oxygen atoms in total. The summed E-state index contributed by atoms with van der Waals surface area (Å²) in [7, 11) is 6.53. The van der Waals surface area contributed by atoms with Crippen molar-refractivity contribution in [1.29, 1.82) is 0 Å². The number of likely N-dealkylation sites (N-methyl/N-ethyl adjacent to an activating group) is 1. The number of allylic oxidation sites excluding steroid dienone is 4. The molecular formula is C43H84NO3+. The second-order valence-electron chi connectivity index (χ2n) is 15.3. The van der Waals surface area contributed by atoms with E-state index < -0.39 is 0 Å². The van der Waals surface area contributed by atoms with Crippen molar-refractivity contribution < 1.29 is 18.8 Å². The summed E-state index contributed by atoms with van der Waals surface area (Å²) >= 11 is 0. The molecule has 0 N–H and O–H groups in total. The second-order valence-corrected chi connectivity index (χ2v) is 15.3. The summed E-state index contributed by atoms with van der Waals surface area (Å²) in [6, 6.07) is 0. The summed E-state index contributed by atoms with van der Waals surface area (Å²) in [6.45, 7) is 6.56. The number of nitrogens with zero attached hydrogens (tertiary/aromatic N) is 1. The van der Waals surface area contributed by atoms with E-state index in [1.54, 1.807) is 0 Å². The maximum atomic E-state index is 12.4. The molecule has 0 aliphatic carbocycles. The lowest BCUT2D eigenvalue weighted by atomic mass is 10.1. The highest BCUT2D eigenvalue weighted by Crippen LogP contribution is 2.13. The minimum atomic E-state index is -0.0640. The molecule has 0 saturated carbocycles. The van der Waals surface area contributed by atoms with Gasteiger partial charge in [-0.2, -0.15) is 0 Å². The molecule has 0 aromatic carbocycles. The molecular weight excluding hydrogens is 578 g/mol. The van der Waals surface area contributed by atoms with E-state index in [0.717, 1.165) is 36.9 Å². The molecule has 0 aromatic rings. The number of carbonyl (C=O) groups excluding carboxylic acids is 1. The first-order valence-corrected chi connectivity index (χ1v) is 20.8. The van der Waals surface area contributed by atoms with Gasteiger partial charge in [-0.05, 0) is 64.2 Å². The molecule has 0 rings (SSSR count). The van der Waals surface area contributed by atoms with Crippen molar-refractivity contribution in [3.8, 4) is 0 Å². The van der Waals surface area contributed by atoms with Gasteiger partial charge in [0.25, 0.3) is 0 Å². The summed E-state index contributed by atoms with van der Waals surface area (Å²) in [5, 5.41) is 0. The van der Waals surface area contributed by atoms with Gasteiger partial charge in [-0.3, -0.25) is 4.79 Å². The highest BCUT2D eigenvalue weighted by atomic mass is 16.6. The molecule has 0 radical (unpaired) electrons. The van der Waals surface area contributed by atoms with Crippen LogP contribution in [0.2, 0.25) is 0 Å². The molecule has 0 spiro atoms. The lowest BCUT2D eigenvalue weighted by molar-refractivity contribution is -0.873. The summed E-state index contributed by atoms with van der Waals surface area (Å²) in [5.41, 5.74) is 0. The minimum absolute atomic E-state index is 0.0258. The number of esters is 1. The summed E-state index contributed by atoms with van der Waals surface area (Å²) in [6.07, 6.45) is 46.4. The van der Waals surface area contributed by atoms with E-state index in [-0.39, 0.29) is 12.1 Å². The molecule has 0 aliphatic rings. The van der Waals surface area contributed by atoms with E-state index in [9.17, 15) is 4.79 Å². The normalized spacial score (nSPS) is 12.9. The van der Waals surface area contributed by atoms with Crippen LogP contribution in [0.15, 0.2) is 24.3 Å². The fourth-order valence-electron chi connectivity index (χ4n) is 6.14. The number of carbonyl (C=O) groups is 1. The van der Waals surface area contributed by atoms with Gasteiger partial charge >= 0.3 is 5.97 Å². The van der Waals surface area contributed by atoms with E-state index in [2.05, 4.69) is 59.3 Å². The average Bonchev–Trinajstić information content (AvgIpc) is 3.04. The molecule has 0 aromatic heterocycles. The summed E-state index contributed by atoms with van der Waals surface area (Å²) in [5.74, 6) is -0.0640. The smallest absolute Gasteiger partial charge is 0.305 e. The molecule has 278 valence electrons. The van der Waals surface area contributed by atoms with Crippen LogP contribution in [0.25, 0.3) is 0 Å². The van der Waals surface area contributed by atoms with Crippen LogP contribution in [0.4, 0.5) is 0 Å². The molecule has 47 heavy (non-hydrogen) atoms. The summed E-state index contributed by atoms with van der Waals surface area (Å²) in [4.78, 5) is 12.4. The zero-order chi connectivity index (χ0) is 34.5. The predicted octanol–water partition coefficient (Wildman–Crippen LogP) is 13.1.